The van der Waals surface area contributed by atoms with Crippen molar-refractivity contribution in [2.75, 3.05) is 0 Å². The number of rotatable bonds is 2. The Morgan fingerprint density at radius 3 is 3.14 bits per heavy atom. The Balaban J connectivity index is 2.33. The summed E-state index contributed by atoms with van der Waals surface area (Å²) >= 11 is 0. The average molecular weight is 197 g/mol. The van der Waals surface area contributed by atoms with Crippen LogP contribution in [0.25, 0.3) is 0 Å². The van der Waals surface area contributed by atoms with Crippen LogP contribution in [0.1, 0.15) is 36.0 Å². The van der Waals surface area contributed by atoms with Gasteiger partial charge in [-0.25, -0.2) is 0 Å². The lowest BCUT2D eigenvalue weighted by Gasteiger charge is -2.15. The lowest BCUT2D eigenvalue weighted by molar-refractivity contribution is -0.136. The van der Waals surface area contributed by atoms with E-state index < -0.39 is 12.1 Å². The molecule has 0 aliphatic heterocycles. The topological polar surface area (TPSA) is 83.6 Å². The van der Waals surface area contributed by atoms with Gasteiger partial charge < -0.3 is 14.7 Å². The maximum absolute atomic E-state index is 10.5. The summed E-state index contributed by atoms with van der Waals surface area (Å²) in [6, 6.07) is 0. The molecule has 1 unspecified atom stereocenters. The molecule has 5 nitrogen and oxygen atoms in total. The van der Waals surface area contributed by atoms with Crippen molar-refractivity contribution >= 4 is 5.97 Å². The third kappa shape index (κ3) is 1.50. The van der Waals surface area contributed by atoms with Crippen molar-refractivity contribution in [3.8, 4) is 0 Å². The third-order valence-electron chi connectivity index (χ3n) is 2.41. The molecule has 1 aromatic heterocycles. The Morgan fingerprint density at radius 2 is 2.43 bits per heavy atom. The van der Waals surface area contributed by atoms with Gasteiger partial charge in [0.05, 0.1) is 12.5 Å². The highest BCUT2D eigenvalue weighted by Gasteiger charge is 2.27. The van der Waals surface area contributed by atoms with Gasteiger partial charge in [0.1, 0.15) is 11.5 Å². The first-order chi connectivity index (χ1) is 6.68. The first kappa shape index (κ1) is 9.21. The number of hydrogen-bond donors (Lipinski definition) is 2. The zero-order valence-corrected chi connectivity index (χ0v) is 7.56. The number of aryl methyl sites for hydroxylation is 1. The smallest absolute Gasteiger partial charge is 0.309 e. The van der Waals surface area contributed by atoms with Gasteiger partial charge in [-0.3, -0.25) is 4.79 Å². The summed E-state index contributed by atoms with van der Waals surface area (Å²) in [6.07, 6.45) is 1.45. The second kappa shape index (κ2) is 3.42. The van der Waals surface area contributed by atoms with E-state index in [9.17, 15) is 9.90 Å². The van der Waals surface area contributed by atoms with Crippen LogP contribution < -0.4 is 0 Å². The predicted octanol–water partition coefficient (Wildman–Crippen LogP) is 0.671. The van der Waals surface area contributed by atoms with Crippen LogP contribution in [0.3, 0.4) is 0 Å². The average Bonchev–Trinajstić information content (AvgIpc) is 2.49. The summed E-state index contributed by atoms with van der Waals surface area (Å²) in [5, 5.41) is 21.9. The quantitative estimate of drug-likeness (QED) is 0.728. The van der Waals surface area contributed by atoms with Gasteiger partial charge in [0.15, 0.2) is 0 Å². The number of carbonyl (C=O) groups is 1. The van der Waals surface area contributed by atoms with Crippen molar-refractivity contribution in [1.82, 2.24) is 5.16 Å². The molecule has 1 aliphatic carbocycles. The number of aliphatic hydroxyl groups is 1. The minimum Gasteiger partial charge on any atom is -0.481 e. The van der Waals surface area contributed by atoms with Crippen molar-refractivity contribution in [3.05, 3.63) is 17.0 Å². The van der Waals surface area contributed by atoms with E-state index in [2.05, 4.69) is 5.16 Å². The van der Waals surface area contributed by atoms with Gasteiger partial charge in [-0.2, -0.15) is 0 Å². The van der Waals surface area contributed by atoms with Crippen LogP contribution in [0.15, 0.2) is 4.52 Å². The zero-order valence-electron chi connectivity index (χ0n) is 7.56. The summed E-state index contributed by atoms with van der Waals surface area (Å²) in [5.41, 5.74) is 0.957. The van der Waals surface area contributed by atoms with E-state index in [0.29, 0.717) is 23.4 Å². The summed E-state index contributed by atoms with van der Waals surface area (Å²) < 4.78 is 4.99. The van der Waals surface area contributed by atoms with Gasteiger partial charge in [-0.15, -0.1) is 0 Å². The summed E-state index contributed by atoms with van der Waals surface area (Å²) in [6.45, 7) is 0. The molecule has 5 heteroatoms. The summed E-state index contributed by atoms with van der Waals surface area (Å²) in [5.74, 6) is -0.320. The molecule has 76 valence electrons. The molecule has 2 N–H and O–H groups in total. The molecule has 1 heterocycles. The highest BCUT2D eigenvalue weighted by molar-refractivity contribution is 5.70. The van der Waals surface area contributed by atoms with Gasteiger partial charge in [0.25, 0.3) is 0 Å². The third-order valence-corrected chi connectivity index (χ3v) is 2.41. The van der Waals surface area contributed by atoms with Crippen molar-refractivity contribution in [2.45, 2.75) is 31.8 Å². The number of aliphatic hydroxyl groups excluding tert-OH is 1. The predicted molar refractivity (Wildman–Crippen MR) is 45.7 cm³/mol. The summed E-state index contributed by atoms with van der Waals surface area (Å²) in [7, 11) is 0. The molecule has 0 spiro atoms. The minimum atomic E-state index is -0.959. The van der Waals surface area contributed by atoms with E-state index in [1.54, 1.807) is 0 Å². The lowest BCUT2D eigenvalue weighted by atomic mass is 9.93. The Kier molecular flexibility index (Phi) is 2.25. The molecule has 0 bridgehead atoms. The maximum Gasteiger partial charge on any atom is 0.309 e. The van der Waals surface area contributed by atoms with Gasteiger partial charge in [-0.1, -0.05) is 5.16 Å². The largest absolute Gasteiger partial charge is 0.481 e. The summed E-state index contributed by atoms with van der Waals surface area (Å²) in [4.78, 5) is 10.5. The fourth-order valence-corrected chi connectivity index (χ4v) is 1.80. The number of nitrogens with zero attached hydrogens (tertiary/aromatic N) is 1. The number of aliphatic carboxylic acids is 1. The van der Waals surface area contributed by atoms with Crippen molar-refractivity contribution in [1.29, 1.82) is 0 Å². The standard InChI is InChI=1S/C9H11NO4/c11-6-2-1-3-7-9(6)5(10-14-7)4-8(12)13/h6,11H,1-4H2,(H,12,13). The molecule has 0 aromatic carbocycles. The molecule has 0 fully saturated rings. The second-order valence-electron chi connectivity index (χ2n) is 3.44. The fourth-order valence-electron chi connectivity index (χ4n) is 1.80. The second-order valence-corrected chi connectivity index (χ2v) is 3.44. The number of hydrogen-bond acceptors (Lipinski definition) is 4. The Bertz CT molecular complexity index is 358. The first-order valence-corrected chi connectivity index (χ1v) is 4.55. The van der Waals surface area contributed by atoms with E-state index in [0.717, 1.165) is 12.8 Å². The van der Waals surface area contributed by atoms with Gasteiger partial charge in [0, 0.05) is 12.0 Å². The normalized spacial score (nSPS) is 20.5. The number of carboxylic acid groups (broad SMARTS) is 1. The Hall–Kier alpha value is -1.36. The van der Waals surface area contributed by atoms with Crippen LogP contribution in [0, 0.1) is 0 Å². The highest BCUT2D eigenvalue weighted by atomic mass is 16.5. The SMILES string of the molecule is O=C(O)Cc1noc2c1C(O)CCC2. The molecule has 14 heavy (non-hydrogen) atoms. The van der Waals surface area contributed by atoms with Crippen molar-refractivity contribution in [3.63, 3.8) is 0 Å². The van der Waals surface area contributed by atoms with Crippen molar-refractivity contribution < 1.29 is 19.5 Å². The molecule has 1 aliphatic rings. The Morgan fingerprint density at radius 1 is 1.64 bits per heavy atom. The Labute approximate surface area is 80.3 Å². The zero-order chi connectivity index (χ0) is 10.1. The molecule has 0 saturated carbocycles. The van der Waals surface area contributed by atoms with Gasteiger partial charge >= 0.3 is 5.97 Å². The van der Waals surface area contributed by atoms with E-state index in [4.69, 9.17) is 9.63 Å². The van der Waals surface area contributed by atoms with Crippen molar-refractivity contribution in [2.24, 2.45) is 0 Å². The van der Waals surface area contributed by atoms with E-state index in [1.807, 2.05) is 0 Å². The number of aromatic nitrogens is 1. The van der Waals surface area contributed by atoms with Crippen LogP contribution >= 0.6 is 0 Å². The van der Waals surface area contributed by atoms with E-state index in [-0.39, 0.29) is 6.42 Å². The molecular weight excluding hydrogens is 186 g/mol. The van der Waals surface area contributed by atoms with Crippen LogP contribution in [-0.2, 0) is 17.6 Å². The van der Waals surface area contributed by atoms with Gasteiger partial charge in [0.2, 0.25) is 0 Å². The molecule has 2 rings (SSSR count). The maximum atomic E-state index is 10.5. The molecular formula is C9H11NO4. The molecule has 1 aromatic rings. The monoisotopic (exact) mass is 197 g/mol. The number of fused-ring (bicyclic) bond motifs is 1. The molecule has 1 atom stereocenters. The van der Waals surface area contributed by atoms with E-state index >= 15 is 0 Å². The van der Waals surface area contributed by atoms with Crippen LogP contribution in [-0.4, -0.2) is 21.3 Å². The minimum absolute atomic E-state index is 0.185. The van der Waals surface area contributed by atoms with E-state index in [1.165, 1.54) is 0 Å². The van der Waals surface area contributed by atoms with Crippen LogP contribution in [0.4, 0.5) is 0 Å². The first-order valence-electron chi connectivity index (χ1n) is 4.55. The molecule has 0 radical (unpaired) electrons. The fraction of sp³-hybridized carbons (Fsp3) is 0.556. The molecule has 0 saturated heterocycles. The number of carboxylic acids is 1. The molecule has 0 amide bonds. The van der Waals surface area contributed by atoms with Crippen LogP contribution in [0.5, 0.6) is 0 Å². The lowest BCUT2D eigenvalue weighted by Crippen LogP contribution is -2.11. The highest BCUT2D eigenvalue weighted by Crippen LogP contribution is 2.32. The van der Waals surface area contributed by atoms with Crippen LogP contribution in [0.2, 0.25) is 0 Å². The van der Waals surface area contributed by atoms with Gasteiger partial charge in [-0.05, 0) is 12.8 Å².